The van der Waals surface area contributed by atoms with Gasteiger partial charge in [-0.25, -0.2) is 13.4 Å². The Morgan fingerprint density at radius 1 is 0.925 bits per heavy atom. The number of anilines is 1. The molecule has 2 aliphatic rings. The highest BCUT2D eigenvalue weighted by molar-refractivity contribution is 7.90. The standard InChI is InChI=1S/C27H22F3N5O4S/c1-16-32-26(27(28,29)30)14-34(16)21-8-6-18(17-4-3-5-20(10-17)40(2,36)37)11-22(21)35-23(13-31-33-35)19-7-9-24-25(12-19)39-15-38-24/h3-14,31,33H,15H2,1-2H3. The van der Waals surface area contributed by atoms with Gasteiger partial charge >= 0.3 is 6.18 Å². The van der Waals surface area contributed by atoms with Crippen LogP contribution in [0.15, 0.2) is 78.0 Å². The van der Waals surface area contributed by atoms with E-state index in [1.54, 1.807) is 59.7 Å². The average Bonchev–Trinajstić information content (AvgIpc) is 3.67. The lowest BCUT2D eigenvalue weighted by Crippen LogP contribution is -2.37. The highest BCUT2D eigenvalue weighted by Crippen LogP contribution is 2.40. The van der Waals surface area contributed by atoms with E-state index in [9.17, 15) is 21.6 Å². The molecule has 206 valence electrons. The predicted molar refractivity (Wildman–Crippen MR) is 141 cm³/mol. The van der Waals surface area contributed by atoms with Crippen molar-refractivity contribution in [2.24, 2.45) is 0 Å². The van der Waals surface area contributed by atoms with Gasteiger partial charge in [0.15, 0.2) is 27.0 Å². The van der Waals surface area contributed by atoms with Crippen molar-refractivity contribution in [3.63, 3.8) is 0 Å². The fraction of sp³-hybridized carbons (Fsp3) is 0.148. The van der Waals surface area contributed by atoms with Crippen molar-refractivity contribution in [2.45, 2.75) is 18.0 Å². The molecule has 2 aliphatic heterocycles. The highest BCUT2D eigenvalue weighted by Gasteiger charge is 2.35. The molecular formula is C27H22F3N5O4S. The molecule has 0 saturated carbocycles. The number of nitrogens with one attached hydrogen (secondary N) is 2. The Morgan fingerprint density at radius 2 is 1.68 bits per heavy atom. The summed E-state index contributed by atoms with van der Waals surface area (Å²) in [5.74, 6) is 1.32. The third-order valence-corrected chi connectivity index (χ3v) is 7.65. The monoisotopic (exact) mass is 569 g/mol. The van der Waals surface area contributed by atoms with Gasteiger partial charge < -0.3 is 19.5 Å². The molecule has 6 rings (SSSR count). The third-order valence-electron chi connectivity index (χ3n) is 6.54. The number of nitrogens with zero attached hydrogens (tertiary/aromatic N) is 3. The molecule has 0 unspecified atom stereocenters. The molecule has 13 heteroatoms. The molecule has 0 radical (unpaired) electrons. The van der Waals surface area contributed by atoms with Crippen LogP contribution in [0.2, 0.25) is 0 Å². The van der Waals surface area contributed by atoms with Crippen LogP contribution in [0.3, 0.4) is 0 Å². The van der Waals surface area contributed by atoms with Crippen LogP contribution < -0.4 is 25.4 Å². The maximum Gasteiger partial charge on any atom is 0.434 e. The molecular weight excluding hydrogens is 547 g/mol. The van der Waals surface area contributed by atoms with E-state index < -0.39 is 21.7 Å². The Bertz CT molecular complexity index is 1780. The summed E-state index contributed by atoms with van der Waals surface area (Å²) >= 11 is 0. The minimum Gasteiger partial charge on any atom is -0.454 e. The van der Waals surface area contributed by atoms with Crippen molar-refractivity contribution >= 4 is 21.2 Å². The minimum absolute atomic E-state index is 0.109. The first-order valence-electron chi connectivity index (χ1n) is 12.0. The predicted octanol–water partition coefficient (Wildman–Crippen LogP) is 4.83. The van der Waals surface area contributed by atoms with Gasteiger partial charge in [0.1, 0.15) is 5.82 Å². The normalized spacial score (nSPS) is 14.8. The molecule has 40 heavy (non-hydrogen) atoms. The smallest absolute Gasteiger partial charge is 0.434 e. The molecule has 3 heterocycles. The van der Waals surface area contributed by atoms with Crippen LogP contribution in [0.4, 0.5) is 18.9 Å². The zero-order valence-corrected chi connectivity index (χ0v) is 22.0. The summed E-state index contributed by atoms with van der Waals surface area (Å²) in [6, 6.07) is 17.1. The second kappa shape index (κ2) is 9.31. The first kappa shape index (κ1) is 25.8. The quantitative estimate of drug-likeness (QED) is 0.353. The molecule has 0 amide bonds. The zero-order valence-electron chi connectivity index (χ0n) is 21.2. The number of alkyl halides is 3. The molecule has 2 N–H and O–H groups in total. The van der Waals surface area contributed by atoms with Crippen molar-refractivity contribution in [1.82, 2.24) is 20.5 Å². The fourth-order valence-corrected chi connectivity index (χ4v) is 5.26. The van der Waals surface area contributed by atoms with Gasteiger partial charge in [0.2, 0.25) is 6.79 Å². The van der Waals surface area contributed by atoms with Gasteiger partial charge in [-0.2, -0.15) is 13.2 Å². The van der Waals surface area contributed by atoms with Crippen molar-refractivity contribution in [2.75, 3.05) is 18.1 Å². The summed E-state index contributed by atoms with van der Waals surface area (Å²) in [5, 5.41) is 1.68. The molecule has 9 nitrogen and oxygen atoms in total. The van der Waals surface area contributed by atoms with Gasteiger partial charge in [-0.05, 0) is 60.5 Å². The van der Waals surface area contributed by atoms with Crippen LogP contribution in [0.25, 0.3) is 22.5 Å². The zero-order chi connectivity index (χ0) is 28.2. The van der Waals surface area contributed by atoms with E-state index in [1.165, 1.54) is 17.6 Å². The molecule has 0 fully saturated rings. The molecule has 3 aromatic carbocycles. The third kappa shape index (κ3) is 4.62. The Kier molecular flexibility index (Phi) is 6.00. The lowest BCUT2D eigenvalue weighted by molar-refractivity contribution is -0.141. The number of benzene rings is 3. The number of hydrogen-bond acceptors (Lipinski definition) is 8. The lowest BCUT2D eigenvalue weighted by Gasteiger charge is -2.26. The number of hydrogen-bond donors (Lipinski definition) is 2. The van der Waals surface area contributed by atoms with Crippen LogP contribution in [0, 0.1) is 6.92 Å². The van der Waals surface area contributed by atoms with Gasteiger partial charge in [0.05, 0.1) is 22.0 Å². The number of aryl methyl sites for hydroxylation is 1. The second-order valence-electron chi connectivity index (χ2n) is 9.23. The molecule has 0 bridgehead atoms. The van der Waals surface area contributed by atoms with Crippen LogP contribution in [-0.2, 0) is 16.0 Å². The number of halogens is 3. The van der Waals surface area contributed by atoms with E-state index in [0.29, 0.717) is 39.7 Å². The van der Waals surface area contributed by atoms with E-state index in [0.717, 1.165) is 18.0 Å². The largest absolute Gasteiger partial charge is 0.454 e. The van der Waals surface area contributed by atoms with E-state index in [2.05, 4.69) is 15.9 Å². The molecule has 0 saturated heterocycles. The SMILES string of the molecule is Cc1nc(C(F)(F)F)cn1-c1ccc(-c2cccc(S(C)(=O)=O)c2)cc1N1NNC=C1c1ccc2c(c1)OCO2. The molecule has 1 aromatic heterocycles. The first-order valence-corrected chi connectivity index (χ1v) is 13.9. The topological polar surface area (TPSA) is 97.7 Å². The summed E-state index contributed by atoms with van der Waals surface area (Å²) < 4.78 is 77.2. The summed E-state index contributed by atoms with van der Waals surface area (Å²) in [4.78, 5) is 3.88. The number of ether oxygens (including phenoxy) is 2. The average molecular weight is 570 g/mol. The van der Waals surface area contributed by atoms with E-state index in [-0.39, 0.29) is 17.5 Å². The summed E-state index contributed by atoms with van der Waals surface area (Å²) in [7, 11) is -3.46. The van der Waals surface area contributed by atoms with E-state index >= 15 is 0 Å². The molecule has 0 atom stereocenters. The Hall–Kier alpha value is -4.49. The number of sulfone groups is 1. The van der Waals surface area contributed by atoms with Crippen LogP contribution in [0.5, 0.6) is 11.5 Å². The van der Waals surface area contributed by atoms with Gasteiger partial charge in [-0.1, -0.05) is 18.2 Å². The van der Waals surface area contributed by atoms with Crippen LogP contribution in [-0.4, -0.2) is 31.0 Å². The molecule has 4 aromatic rings. The van der Waals surface area contributed by atoms with Crippen LogP contribution in [0.1, 0.15) is 17.1 Å². The van der Waals surface area contributed by atoms with Crippen molar-refractivity contribution in [3.8, 4) is 28.3 Å². The summed E-state index contributed by atoms with van der Waals surface area (Å²) in [5.41, 5.74) is 8.53. The fourth-order valence-electron chi connectivity index (χ4n) is 4.59. The Balaban J connectivity index is 1.51. The molecule has 0 aliphatic carbocycles. The van der Waals surface area contributed by atoms with Gasteiger partial charge in [0, 0.05) is 24.2 Å². The Labute approximate surface area is 227 Å². The van der Waals surface area contributed by atoms with Crippen molar-refractivity contribution in [3.05, 3.63) is 90.1 Å². The van der Waals surface area contributed by atoms with Crippen molar-refractivity contribution < 1.29 is 31.1 Å². The van der Waals surface area contributed by atoms with Gasteiger partial charge in [0.25, 0.3) is 0 Å². The highest BCUT2D eigenvalue weighted by atomic mass is 32.2. The first-order chi connectivity index (χ1) is 19.0. The maximum absolute atomic E-state index is 13.5. The number of imidazole rings is 1. The summed E-state index contributed by atoms with van der Waals surface area (Å²) in [6.45, 7) is 1.60. The van der Waals surface area contributed by atoms with Gasteiger partial charge in [-0.15, -0.1) is 5.53 Å². The van der Waals surface area contributed by atoms with E-state index in [4.69, 9.17) is 9.47 Å². The number of fused-ring (bicyclic) bond motifs is 1. The van der Waals surface area contributed by atoms with Crippen molar-refractivity contribution in [1.29, 1.82) is 0 Å². The minimum atomic E-state index is -4.62. The van der Waals surface area contributed by atoms with Crippen LogP contribution >= 0.6 is 0 Å². The van der Waals surface area contributed by atoms with E-state index in [1.807, 2.05) is 6.07 Å². The number of hydrazine groups is 2. The Morgan fingerprint density at radius 3 is 2.42 bits per heavy atom. The molecule has 0 spiro atoms. The van der Waals surface area contributed by atoms with Gasteiger partial charge in [-0.3, -0.25) is 5.01 Å². The second-order valence-corrected chi connectivity index (χ2v) is 11.2. The number of aromatic nitrogens is 2. The lowest BCUT2D eigenvalue weighted by atomic mass is 10.0. The maximum atomic E-state index is 13.5. The summed E-state index contributed by atoms with van der Waals surface area (Å²) in [6.07, 6.45) is -0.831. The number of rotatable bonds is 5.